The first kappa shape index (κ1) is 24.7. The lowest BCUT2D eigenvalue weighted by Crippen LogP contribution is -2.67. The Bertz CT molecular complexity index is 769. The fourth-order valence-electron chi connectivity index (χ4n) is 8.45. The molecule has 5 nitrogen and oxygen atoms in total. The van der Waals surface area contributed by atoms with Gasteiger partial charge in [0.15, 0.2) is 19.9 Å². The van der Waals surface area contributed by atoms with Gasteiger partial charge in [-0.25, -0.2) is 0 Å². The van der Waals surface area contributed by atoms with Gasteiger partial charge < -0.3 is 23.7 Å². The van der Waals surface area contributed by atoms with Crippen LogP contribution in [0.25, 0.3) is 0 Å². The SMILES string of the molecule is CC1(O)OC2CC(O[Si](C)(C)C(C)(C)C)CC[C@]2(C)C2CC[C@@]3(C)C(CCC34OCCO4)C21. The highest BCUT2D eigenvalue weighted by Gasteiger charge is 2.71. The Morgan fingerprint density at radius 3 is 2.18 bits per heavy atom. The maximum Gasteiger partial charge on any atom is 0.192 e. The molecular formula is C27H48O5Si. The molecule has 1 spiro atoms. The molecule has 0 aromatic rings. The van der Waals surface area contributed by atoms with E-state index in [2.05, 4.69) is 47.7 Å². The molecule has 3 aliphatic carbocycles. The Balaban J connectivity index is 1.39. The highest BCUT2D eigenvalue weighted by atomic mass is 28.4. The Labute approximate surface area is 202 Å². The molecule has 8 atom stereocenters. The minimum atomic E-state index is -1.84. The summed E-state index contributed by atoms with van der Waals surface area (Å²) in [5.41, 5.74) is 0.0402. The van der Waals surface area contributed by atoms with Gasteiger partial charge in [-0.05, 0) is 80.8 Å². The third-order valence-electron chi connectivity index (χ3n) is 11.4. The fraction of sp³-hybridized carbons (Fsp3) is 1.00. The lowest BCUT2D eigenvalue weighted by molar-refractivity contribution is -0.363. The molecule has 2 heterocycles. The van der Waals surface area contributed by atoms with Gasteiger partial charge in [0.1, 0.15) is 0 Å². The predicted octanol–water partition coefficient (Wildman–Crippen LogP) is 5.86. The van der Waals surface area contributed by atoms with Crippen molar-refractivity contribution in [2.75, 3.05) is 13.2 Å². The van der Waals surface area contributed by atoms with Crippen LogP contribution < -0.4 is 0 Å². The van der Waals surface area contributed by atoms with Gasteiger partial charge >= 0.3 is 0 Å². The molecule has 190 valence electrons. The quantitative estimate of drug-likeness (QED) is 0.502. The van der Waals surface area contributed by atoms with Crippen LogP contribution in [-0.4, -0.2) is 50.4 Å². The van der Waals surface area contributed by atoms with Crippen molar-refractivity contribution < 1.29 is 23.7 Å². The largest absolute Gasteiger partial charge is 0.414 e. The van der Waals surface area contributed by atoms with Crippen LogP contribution in [-0.2, 0) is 18.6 Å². The van der Waals surface area contributed by atoms with Gasteiger partial charge in [-0.15, -0.1) is 0 Å². The van der Waals surface area contributed by atoms with E-state index in [1.807, 2.05) is 6.92 Å². The van der Waals surface area contributed by atoms with Crippen molar-refractivity contribution in [3.8, 4) is 0 Å². The highest BCUT2D eigenvalue weighted by molar-refractivity contribution is 6.74. The number of hydrogen-bond donors (Lipinski definition) is 1. The van der Waals surface area contributed by atoms with Gasteiger partial charge in [-0.2, -0.15) is 0 Å². The second-order valence-corrected chi connectivity index (χ2v) is 18.9. The number of fused-ring (bicyclic) bond motifs is 6. The zero-order valence-corrected chi connectivity index (χ0v) is 23.3. The maximum absolute atomic E-state index is 11.8. The minimum absolute atomic E-state index is 0.0517. The number of ether oxygens (including phenoxy) is 3. The molecule has 3 saturated carbocycles. The topological polar surface area (TPSA) is 57.2 Å². The number of rotatable bonds is 2. The van der Waals surface area contributed by atoms with Crippen molar-refractivity contribution in [1.82, 2.24) is 0 Å². The van der Waals surface area contributed by atoms with Crippen LogP contribution in [0.5, 0.6) is 0 Å². The van der Waals surface area contributed by atoms with E-state index in [1.165, 1.54) is 0 Å². The van der Waals surface area contributed by atoms with E-state index < -0.39 is 19.9 Å². The molecule has 2 saturated heterocycles. The maximum atomic E-state index is 11.8. The van der Waals surface area contributed by atoms with Crippen molar-refractivity contribution in [2.24, 2.45) is 28.6 Å². The van der Waals surface area contributed by atoms with Crippen LogP contribution in [0.4, 0.5) is 0 Å². The normalized spacial score (nSPS) is 49.5. The Morgan fingerprint density at radius 1 is 0.909 bits per heavy atom. The average molecular weight is 481 g/mol. The molecule has 5 aliphatic rings. The summed E-state index contributed by atoms with van der Waals surface area (Å²) in [5.74, 6) is -0.615. The number of aliphatic hydroxyl groups is 1. The molecule has 0 radical (unpaired) electrons. The first-order valence-electron chi connectivity index (χ1n) is 13.5. The summed E-state index contributed by atoms with van der Waals surface area (Å²) < 4.78 is 26.1. The molecule has 0 amide bonds. The van der Waals surface area contributed by atoms with Crippen molar-refractivity contribution in [1.29, 1.82) is 0 Å². The van der Waals surface area contributed by atoms with Crippen LogP contribution in [0.2, 0.25) is 18.1 Å². The van der Waals surface area contributed by atoms with Gasteiger partial charge in [-0.1, -0.05) is 34.6 Å². The Kier molecular flexibility index (Phi) is 5.63. The van der Waals surface area contributed by atoms with Gasteiger partial charge in [0.05, 0.1) is 19.3 Å². The van der Waals surface area contributed by atoms with Gasteiger partial charge in [-0.3, -0.25) is 0 Å². The van der Waals surface area contributed by atoms with Gasteiger partial charge in [0, 0.05) is 23.9 Å². The molecule has 33 heavy (non-hydrogen) atoms. The highest BCUT2D eigenvalue weighted by Crippen LogP contribution is 2.70. The molecule has 0 aromatic carbocycles. The van der Waals surface area contributed by atoms with Crippen LogP contribution >= 0.6 is 0 Å². The summed E-state index contributed by atoms with van der Waals surface area (Å²) in [7, 11) is -1.84. The average Bonchev–Trinajstić information content (AvgIpc) is 3.28. The minimum Gasteiger partial charge on any atom is -0.414 e. The molecule has 6 heteroatoms. The molecule has 5 fully saturated rings. The lowest BCUT2D eigenvalue weighted by Gasteiger charge is -2.65. The molecule has 0 bridgehead atoms. The van der Waals surface area contributed by atoms with Gasteiger partial charge in [0.25, 0.3) is 0 Å². The molecular weight excluding hydrogens is 432 g/mol. The zero-order chi connectivity index (χ0) is 24.1. The number of hydrogen-bond acceptors (Lipinski definition) is 5. The van der Waals surface area contributed by atoms with E-state index in [9.17, 15) is 5.11 Å². The first-order valence-corrected chi connectivity index (χ1v) is 16.4. The van der Waals surface area contributed by atoms with Crippen molar-refractivity contribution in [3.05, 3.63) is 0 Å². The molecule has 6 unspecified atom stereocenters. The van der Waals surface area contributed by atoms with E-state index in [0.717, 1.165) is 44.9 Å². The van der Waals surface area contributed by atoms with Crippen LogP contribution in [0.15, 0.2) is 0 Å². The third-order valence-corrected chi connectivity index (χ3v) is 15.9. The van der Waals surface area contributed by atoms with Crippen molar-refractivity contribution in [2.45, 2.75) is 128 Å². The summed E-state index contributed by atoms with van der Waals surface area (Å²) in [4.78, 5) is 0. The molecule has 0 aromatic heterocycles. The van der Waals surface area contributed by atoms with E-state index in [1.54, 1.807) is 0 Å². The Morgan fingerprint density at radius 2 is 1.55 bits per heavy atom. The smallest absolute Gasteiger partial charge is 0.192 e. The van der Waals surface area contributed by atoms with Crippen LogP contribution in [0, 0.1) is 28.6 Å². The second kappa shape index (κ2) is 7.52. The summed E-state index contributed by atoms with van der Waals surface area (Å²) in [6, 6.07) is 0. The molecule has 5 rings (SSSR count). The lowest BCUT2D eigenvalue weighted by atomic mass is 9.48. The zero-order valence-electron chi connectivity index (χ0n) is 22.3. The summed E-state index contributed by atoms with van der Waals surface area (Å²) >= 11 is 0. The van der Waals surface area contributed by atoms with Crippen LogP contribution in [0.1, 0.15) is 86.5 Å². The second-order valence-electron chi connectivity index (χ2n) is 14.1. The Hall–Kier alpha value is 0.0169. The van der Waals surface area contributed by atoms with E-state index in [-0.39, 0.29) is 34.0 Å². The standard InChI is InChI=1S/C27H48O5Si/c1-23(2,3)33(7,8)32-18-9-12-24(4)19-10-13-25(5)20(11-14-27(25)29-15-16-30-27)22(19)26(6,28)31-21(24)17-18/h18-22,28H,9-17H2,1-8H3/t18?,19?,20?,21?,22?,24-,25+,26?/m1/s1. The summed E-state index contributed by atoms with van der Waals surface area (Å²) in [6.45, 7) is 19.8. The van der Waals surface area contributed by atoms with E-state index in [0.29, 0.717) is 25.0 Å². The monoisotopic (exact) mass is 480 g/mol. The predicted molar refractivity (Wildman–Crippen MR) is 131 cm³/mol. The van der Waals surface area contributed by atoms with Crippen molar-refractivity contribution >= 4 is 8.32 Å². The first-order chi connectivity index (χ1) is 15.2. The molecule has 2 aliphatic heterocycles. The summed E-state index contributed by atoms with van der Waals surface area (Å²) in [5, 5.41) is 12.0. The van der Waals surface area contributed by atoms with E-state index in [4.69, 9.17) is 18.6 Å². The van der Waals surface area contributed by atoms with Gasteiger partial charge in [0.2, 0.25) is 0 Å². The molecule has 1 N–H and O–H groups in total. The van der Waals surface area contributed by atoms with E-state index >= 15 is 0 Å². The summed E-state index contributed by atoms with van der Waals surface area (Å²) in [6.07, 6.45) is 7.64. The van der Waals surface area contributed by atoms with Crippen molar-refractivity contribution in [3.63, 3.8) is 0 Å². The fourth-order valence-corrected chi connectivity index (χ4v) is 9.85. The van der Waals surface area contributed by atoms with Crippen LogP contribution in [0.3, 0.4) is 0 Å². The third kappa shape index (κ3) is 3.48.